The summed E-state index contributed by atoms with van der Waals surface area (Å²) in [6.45, 7) is 2.95. The summed E-state index contributed by atoms with van der Waals surface area (Å²) in [6, 6.07) is 5.04. The second-order valence-electron chi connectivity index (χ2n) is 3.77. The molecule has 0 aliphatic rings. The van der Waals surface area contributed by atoms with Crippen molar-refractivity contribution in [2.24, 2.45) is 0 Å². The molecule has 0 amide bonds. The van der Waals surface area contributed by atoms with E-state index in [0.717, 1.165) is 5.56 Å². The summed E-state index contributed by atoms with van der Waals surface area (Å²) in [4.78, 5) is 10.4. The van der Waals surface area contributed by atoms with Crippen LogP contribution in [0.5, 0.6) is 0 Å². The minimum atomic E-state index is -0.811. The Kier molecular flexibility index (Phi) is 5.24. The summed E-state index contributed by atoms with van der Waals surface area (Å²) in [6.07, 6.45) is 1.65. The van der Waals surface area contributed by atoms with Gasteiger partial charge in [0.2, 0.25) is 0 Å². The third-order valence-corrected chi connectivity index (χ3v) is 3.27. The van der Waals surface area contributed by atoms with E-state index in [1.807, 2.05) is 6.07 Å². The van der Waals surface area contributed by atoms with E-state index in [4.69, 9.17) is 0 Å². The van der Waals surface area contributed by atoms with Gasteiger partial charge in [0.05, 0.1) is 4.92 Å². The molecule has 1 aromatic carbocycles. The van der Waals surface area contributed by atoms with Gasteiger partial charge in [-0.2, -0.15) is 0 Å². The Balaban J connectivity index is 2.62. The van der Waals surface area contributed by atoms with Gasteiger partial charge in [-0.25, -0.2) is 0 Å². The maximum Gasteiger partial charge on any atom is 0.272 e. The highest BCUT2D eigenvalue weighted by Crippen LogP contribution is 2.20. The Hall–Kier alpha value is -1.27. The molecule has 1 N–H and O–H groups in total. The molecule has 0 aromatic heterocycles. The Morgan fingerprint density at radius 3 is 2.76 bits per heavy atom. The molecule has 0 saturated carbocycles. The van der Waals surface area contributed by atoms with E-state index in [1.54, 1.807) is 19.2 Å². The van der Waals surface area contributed by atoms with Crippen LogP contribution in [0.4, 0.5) is 5.69 Å². The molecular weight excluding hydrogens is 240 g/mol. The summed E-state index contributed by atoms with van der Waals surface area (Å²) in [5.74, 6) is 0.591. The van der Waals surface area contributed by atoms with Crippen LogP contribution in [0, 0.1) is 17.0 Å². The first kappa shape index (κ1) is 13.8. The lowest BCUT2D eigenvalue weighted by Gasteiger charge is -2.07. The van der Waals surface area contributed by atoms with E-state index in [-0.39, 0.29) is 10.6 Å². The molecule has 1 rings (SSSR count). The van der Waals surface area contributed by atoms with Crippen LogP contribution >= 0.6 is 0 Å². The van der Waals surface area contributed by atoms with Crippen LogP contribution < -0.4 is 5.32 Å². The summed E-state index contributed by atoms with van der Waals surface area (Å²) in [5, 5.41) is 13.9. The van der Waals surface area contributed by atoms with Crippen LogP contribution in [0.3, 0.4) is 0 Å². The van der Waals surface area contributed by atoms with Crippen molar-refractivity contribution in [3.05, 3.63) is 39.4 Å². The zero-order chi connectivity index (χ0) is 12.8. The van der Waals surface area contributed by atoms with Gasteiger partial charge in [0.1, 0.15) is 0 Å². The minimum Gasteiger partial charge on any atom is -0.312 e. The fraction of sp³-hybridized carbons (Fsp3) is 0.455. The SMILES string of the molecule is Cc1c(CNCCS(C)=O)cccc1[N+](=O)[O-]. The highest BCUT2D eigenvalue weighted by molar-refractivity contribution is 7.84. The monoisotopic (exact) mass is 256 g/mol. The van der Waals surface area contributed by atoms with Crippen LogP contribution in [0.2, 0.25) is 0 Å². The highest BCUT2D eigenvalue weighted by atomic mass is 32.2. The molecule has 5 nitrogen and oxygen atoms in total. The topological polar surface area (TPSA) is 72.2 Å². The molecule has 0 fully saturated rings. The van der Waals surface area contributed by atoms with E-state index in [0.29, 0.717) is 24.4 Å². The quantitative estimate of drug-likeness (QED) is 0.474. The first-order valence-corrected chi connectivity index (χ1v) is 6.98. The predicted octanol–water partition coefficient (Wildman–Crippen LogP) is 1.37. The zero-order valence-corrected chi connectivity index (χ0v) is 10.8. The average Bonchev–Trinajstić information content (AvgIpc) is 2.25. The van der Waals surface area contributed by atoms with E-state index >= 15 is 0 Å². The summed E-state index contributed by atoms with van der Waals surface area (Å²) in [5.41, 5.74) is 1.73. The van der Waals surface area contributed by atoms with Crippen LogP contribution in [-0.4, -0.2) is 27.7 Å². The van der Waals surface area contributed by atoms with Crippen molar-refractivity contribution in [2.75, 3.05) is 18.6 Å². The highest BCUT2D eigenvalue weighted by Gasteiger charge is 2.12. The van der Waals surface area contributed by atoms with Crippen LogP contribution in [-0.2, 0) is 17.3 Å². The van der Waals surface area contributed by atoms with Crippen LogP contribution in [0.15, 0.2) is 18.2 Å². The fourth-order valence-electron chi connectivity index (χ4n) is 1.50. The van der Waals surface area contributed by atoms with E-state index in [1.165, 1.54) is 6.07 Å². The molecule has 0 spiro atoms. The number of rotatable bonds is 6. The Bertz CT molecular complexity index is 435. The van der Waals surface area contributed by atoms with E-state index in [9.17, 15) is 14.3 Å². The van der Waals surface area contributed by atoms with Gasteiger partial charge in [-0.3, -0.25) is 14.3 Å². The van der Waals surface area contributed by atoms with Gasteiger partial charge in [-0.15, -0.1) is 0 Å². The molecule has 0 radical (unpaired) electrons. The molecule has 0 heterocycles. The van der Waals surface area contributed by atoms with Crippen molar-refractivity contribution < 1.29 is 9.13 Å². The second kappa shape index (κ2) is 6.46. The molecular formula is C11H16N2O3S. The first-order chi connectivity index (χ1) is 8.02. The van der Waals surface area contributed by atoms with Gasteiger partial charge < -0.3 is 5.32 Å². The largest absolute Gasteiger partial charge is 0.312 e. The van der Waals surface area contributed by atoms with Crippen molar-refractivity contribution in [1.82, 2.24) is 5.32 Å². The van der Waals surface area contributed by atoms with Gasteiger partial charge in [0, 0.05) is 47.5 Å². The van der Waals surface area contributed by atoms with Crippen molar-refractivity contribution in [1.29, 1.82) is 0 Å². The van der Waals surface area contributed by atoms with Crippen molar-refractivity contribution >= 4 is 16.5 Å². The number of benzene rings is 1. The van der Waals surface area contributed by atoms with E-state index in [2.05, 4.69) is 5.32 Å². The first-order valence-electron chi connectivity index (χ1n) is 5.26. The van der Waals surface area contributed by atoms with Gasteiger partial charge in [0.25, 0.3) is 5.69 Å². The normalized spacial score (nSPS) is 12.4. The predicted molar refractivity (Wildman–Crippen MR) is 68.5 cm³/mol. The standard InChI is InChI=1S/C11H16N2O3S/c1-9-10(8-12-6-7-17(2)16)4-3-5-11(9)13(14)15/h3-5,12H,6-8H2,1-2H3. The fourth-order valence-corrected chi connectivity index (χ4v) is 1.93. The van der Waals surface area contributed by atoms with Crippen molar-refractivity contribution in [3.63, 3.8) is 0 Å². The van der Waals surface area contributed by atoms with Crippen molar-refractivity contribution in [2.45, 2.75) is 13.5 Å². The number of nitro groups is 1. The lowest BCUT2D eigenvalue weighted by molar-refractivity contribution is -0.385. The van der Waals surface area contributed by atoms with Crippen molar-refractivity contribution in [3.8, 4) is 0 Å². The minimum absolute atomic E-state index is 0.142. The molecule has 1 unspecified atom stereocenters. The third-order valence-electron chi connectivity index (χ3n) is 2.50. The molecule has 94 valence electrons. The zero-order valence-electron chi connectivity index (χ0n) is 9.93. The molecule has 0 aliphatic carbocycles. The maximum absolute atomic E-state index is 10.8. The third kappa shape index (κ3) is 4.24. The number of hydrogen-bond donors (Lipinski definition) is 1. The van der Waals surface area contributed by atoms with Gasteiger partial charge in [0.15, 0.2) is 0 Å². The molecule has 0 bridgehead atoms. The maximum atomic E-state index is 10.8. The average molecular weight is 256 g/mol. The smallest absolute Gasteiger partial charge is 0.272 e. The van der Waals surface area contributed by atoms with Gasteiger partial charge in [-0.05, 0) is 12.5 Å². The molecule has 17 heavy (non-hydrogen) atoms. The Morgan fingerprint density at radius 1 is 1.47 bits per heavy atom. The molecule has 1 atom stereocenters. The molecule has 6 heteroatoms. The van der Waals surface area contributed by atoms with Gasteiger partial charge >= 0.3 is 0 Å². The number of nitrogens with zero attached hydrogens (tertiary/aromatic N) is 1. The summed E-state index contributed by atoms with van der Waals surface area (Å²) in [7, 11) is -0.811. The van der Waals surface area contributed by atoms with E-state index < -0.39 is 10.8 Å². The molecule has 0 saturated heterocycles. The van der Waals surface area contributed by atoms with Crippen LogP contribution in [0.1, 0.15) is 11.1 Å². The molecule has 0 aliphatic heterocycles. The second-order valence-corrected chi connectivity index (χ2v) is 5.33. The lowest BCUT2D eigenvalue weighted by atomic mass is 10.1. The number of hydrogen-bond acceptors (Lipinski definition) is 4. The lowest BCUT2D eigenvalue weighted by Crippen LogP contribution is -2.20. The Labute approximate surface area is 103 Å². The number of nitrogens with one attached hydrogen (secondary N) is 1. The summed E-state index contributed by atoms with van der Waals surface area (Å²) >= 11 is 0. The number of nitro benzene ring substituents is 1. The Morgan fingerprint density at radius 2 is 2.18 bits per heavy atom. The molecule has 1 aromatic rings. The van der Waals surface area contributed by atoms with Gasteiger partial charge in [-0.1, -0.05) is 12.1 Å². The van der Waals surface area contributed by atoms with Crippen LogP contribution in [0.25, 0.3) is 0 Å². The summed E-state index contributed by atoms with van der Waals surface area (Å²) < 4.78 is 10.8.